The summed E-state index contributed by atoms with van der Waals surface area (Å²) in [5.41, 5.74) is 2.25. The van der Waals surface area contributed by atoms with Crippen LogP contribution in [0.2, 0.25) is 0 Å². The Bertz CT molecular complexity index is 1520. The van der Waals surface area contributed by atoms with Crippen molar-refractivity contribution in [3.8, 4) is 28.6 Å². The van der Waals surface area contributed by atoms with Crippen LogP contribution in [0, 0.1) is 5.82 Å². The van der Waals surface area contributed by atoms with Crippen molar-refractivity contribution in [2.75, 3.05) is 0 Å². The molecule has 6 rings (SSSR count). The predicted molar refractivity (Wildman–Crippen MR) is 109 cm³/mol. The van der Waals surface area contributed by atoms with Crippen LogP contribution in [0.3, 0.4) is 0 Å². The predicted octanol–water partition coefficient (Wildman–Crippen LogP) is 4.29. The van der Waals surface area contributed by atoms with Crippen LogP contribution in [0.15, 0.2) is 59.6 Å². The lowest BCUT2D eigenvalue weighted by Gasteiger charge is -2.08. The smallest absolute Gasteiger partial charge is 0.339 e. The molecule has 5 aromatic rings. The molecule has 0 fully saturated rings. The number of alkyl halides is 3. The second-order valence-corrected chi connectivity index (χ2v) is 7.70. The molecule has 3 aromatic heterocycles. The van der Waals surface area contributed by atoms with Crippen molar-refractivity contribution in [2.45, 2.75) is 19.1 Å². The normalized spacial score (nSPS) is 12.7. The summed E-state index contributed by atoms with van der Waals surface area (Å²) >= 11 is 0. The van der Waals surface area contributed by atoms with E-state index < -0.39 is 17.6 Å². The average Bonchev–Trinajstić information content (AvgIpc) is 3.53. The Balaban J connectivity index is 1.35. The van der Waals surface area contributed by atoms with Crippen LogP contribution < -0.4 is 0 Å². The minimum absolute atomic E-state index is 0.163. The van der Waals surface area contributed by atoms with Gasteiger partial charge in [-0.15, -0.1) is 0 Å². The highest BCUT2D eigenvalue weighted by Crippen LogP contribution is 2.34. The van der Waals surface area contributed by atoms with Crippen LogP contribution in [-0.2, 0) is 19.1 Å². The van der Waals surface area contributed by atoms with Gasteiger partial charge in [0, 0.05) is 5.56 Å². The van der Waals surface area contributed by atoms with Crippen molar-refractivity contribution in [3.05, 3.63) is 83.6 Å². The Hall–Kier alpha value is -4.35. The Labute approximate surface area is 188 Å². The Morgan fingerprint density at radius 3 is 2.65 bits per heavy atom. The highest BCUT2D eigenvalue weighted by Gasteiger charge is 2.30. The third-order valence-corrected chi connectivity index (χ3v) is 5.56. The minimum atomic E-state index is -4.40. The van der Waals surface area contributed by atoms with E-state index in [1.807, 2.05) is 0 Å². The van der Waals surface area contributed by atoms with Crippen molar-refractivity contribution >= 4 is 0 Å². The number of hydrogen-bond acceptors (Lipinski definition) is 6. The standard InChI is InChI=1S/C22H13F4N7O/c23-14-5-6-16-15(8-14)21-27-10-29-33(21)9-17-19(28-11-32(16)17)20-30-18(34-31-20)7-12-1-3-13(4-2-12)22(24,25)26/h1-6,8,10-11H,7,9H2. The number of nitrogens with zero attached hydrogens (tertiary/aromatic N) is 7. The summed E-state index contributed by atoms with van der Waals surface area (Å²) in [6.45, 7) is 0.281. The summed E-state index contributed by atoms with van der Waals surface area (Å²) in [5.74, 6) is 0.570. The zero-order valence-electron chi connectivity index (χ0n) is 17.2. The van der Waals surface area contributed by atoms with E-state index in [1.165, 1.54) is 30.6 Å². The fourth-order valence-electron chi connectivity index (χ4n) is 3.96. The monoisotopic (exact) mass is 467 g/mol. The van der Waals surface area contributed by atoms with Gasteiger partial charge in [-0.05, 0) is 35.9 Å². The molecule has 0 atom stereocenters. The Morgan fingerprint density at radius 1 is 1.03 bits per heavy atom. The maximum atomic E-state index is 14.0. The molecule has 0 N–H and O–H groups in total. The van der Waals surface area contributed by atoms with Gasteiger partial charge in [-0.3, -0.25) is 4.57 Å². The van der Waals surface area contributed by atoms with E-state index in [0.717, 1.165) is 12.1 Å². The van der Waals surface area contributed by atoms with Crippen LogP contribution in [0.25, 0.3) is 28.6 Å². The van der Waals surface area contributed by atoms with Gasteiger partial charge >= 0.3 is 6.18 Å². The molecule has 4 heterocycles. The summed E-state index contributed by atoms with van der Waals surface area (Å²) in [6.07, 6.45) is -1.26. The lowest BCUT2D eigenvalue weighted by atomic mass is 10.1. The van der Waals surface area contributed by atoms with Crippen LogP contribution in [0.1, 0.15) is 22.7 Å². The van der Waals surface area contributed by atoms with Gasteiger partial charge in [0.25, 0.3) is 0 Å². The minimum Gasteiger partial charge on any atom is -0.339 e. The van der Waals surface area contributed by atoms with E-state index in [-0.39, 0.29) is 24.7 Å². The summed E-state index contributed by atoms with van der Waals surface area (Å²) in [7, 11) is 0. The largest absolute Gasteiger partial charge is 0.416 e. The second kappa shape index (κ2) is 7.33. The molecular weight excluding hydrogens is 454 g/mol. The zero-order valence-corrected chi connectivity index (χ0v) is 17.2. The van der Waals surface area contributed by atoms with Gasteiger partial charge in [-0.2, -0.15) is 23.3 Å². The Kier molecular flexibility index (Phi) is 4.37. The summed E-state index contributed by atoms with van der Waals surface area (Å²) in [5, 5.41) is 8.26. The summed E-state index contributed by atoms with van der Waals surface area (Å²) in [4.78, 5) is 13.1. The van der Waals surface area contributed by atoms with E-state index in [9.17, 15) is 17.6 Å². The second-order valence-electron chi connectivity index (χ2n) is 7.70. The van der Waals surface area contributed by atoms with Crippen molar-refractivity contribution in [1.29, 1.82) is 0 Å². The van der Waals surface area contributed by atoms with Gasteiger partial charge < -0.3 is 4.52 Å². The number of halogens is 4. The lowest BCUT2D eigenvalue weighted by Crippen LogP contribution is -2.06. The summed E-state index contributed by atoms with van der Waals surface area (Å²) < 4.78 is 61.1. The van der Waals surface area contributed by atoms with Crippen LogP contribution in [-0.4, -0.2) is 34.5 Å². The zero-order chi connectivity index (χ0) is 23.4. The fraction of sp³-hybridized carbons (Fsp3) is 0.136. The van der Waals surface area contributed by atoms with Crippen molar-refractivity contribution in [2.24, 2.45) is 0 Å². The van der Waals surface area contributed by atoms with Crippen molar-refractivity contribution in [1.82, 2.24) is 34.5 Å². The lowest BCUT2D eigenvalue weighted by molar-refractivity contribution is -0.137. The third-order valence-electron chi connectivity index (χ3n) is 5.56. The van der Waals surface area contributed by atoms with Crippen LogP contribution in [0.4, 0.5) is 17.6 Å². The maximum absolute atomic E-state index is 14.0. The Morgan fingerprint density at radius 2 is 1.85 bits per heavy atom. The quantitative estimate of drug-likeness (QED) is 0.361. The number of benzene rings is 2. The van der Waals surface area contributed by atoms with Gasteiger partial charge in [-0.1, -0.05) is 17.3 Å². The molecule has 0 radical (unpaired) electrons. The fourth-order valence-corrected chi connectivity index (χ4v) is 3.96. The van der Waals surface area contributed by atoms with E-state index >= 15 is 0 Å². The molecule has 1 aliphatic rings. The highest BCUT2D eigenvalue weighted by atomic mass is 19.4. The molecule has 34 heavy (non-hydrogen) atoms. The van der Waals surface area contributed by atoms with Gasteiger partial charge in [0.15, 0.2) is 5.82 Å². The van der Waals surface area contributed by atoms with E-state index in [4.69, 9.17) is 4.52 Å². The topological polar surface area (TPSA) is 87.4 Å². The first-order chi connectivity index (χ1) is 16.4. The first-order valence-electron chi connectivity index (χ1n) is 10.1. The first kappa shape index (κ1) is 20.3. The maximum Gasteiger partial charge on any atom is 0.416 e. The molecule has 0 bridgehead atoms. The van der Waals surface area contributed by atoms with Crippen LogP contribution >= 0.6 is 0 Å². The molecule has 12 heteroatoms. The third kappa shape index (κ3) is 3.34. The molecule has 0 spiro atoms. The number of imidazole rings is 1. The molecule has 0 aliphatic carbocycles. The van der Waals surface area contributed by atoms with Crippen molar-refractivity contribution in [3.63, 3.8) is 0 Å². The molecule has 8 nitrogen and oxygen atoms in total. The molecule has 2 aromatic carbocycles. The molecular formula is C22H13F4N7O. The first-order valence-corrected chi connectivity index (χ1v) is 10.1. The van der Waals surface area contributed by atoms with E-state index in [2.05, 4.69) is 25.2 Å². The van der Waals surface area contributed by atoms with Gasteiger partial charge in [0.1, 0.15) is 24.2 Å². The number of rotatable bonds is 3. The number of fused-ring (bicyclic) bond motifs is 5. The van der Waals surface area contributed by atoms with E-state index in [1.54, 1.807) is 21.6 Å². The number of aromatic nitrogens is 7. The van der Waals surface area contributed by atoms with Crippen LogP contribution in [0.5, 0.6) is 0 Å². The molecule has 0 unspecified atom stereocenters. The highest BCUT2D eigenvalue weighted by molar-refractivity contribution is 5.70. The molecule has 170 valence electrons. The van der Waals surface area contributed by atoms with Gasteiger partial charge in [0.2, 0.25) is 11.7 Å². The molecule has 0 saturated heterocycles. The van der Waals surface area contributed by atoms with E-state index in [0.29, 0.717) is 34.0 Å². The van der Waals surface area contributed by atoms with Crippen molar-refractivity contribution < 1.29 is 22.1 Å². The molecule has 1 aliphatic heterocycles. The number of hydrogen-bond donors (Lipinski definition) is 0. The average molecular weight is 467 g/mol. The van der Waals surface area contributed by atoms with Gasteiger partial charge in [-0.25, -0.2) is 19.0 Å². The summed E-state index contributed by atoms with van der Waals surface area (Å²) in [6, 6.07) is 9.15. The SMILES string of the molecule is Fc1ccc2c(c1)-c1ncnn1Cc1c(-c3noc(Cc4ccc(C(F)(F)F)cc4)n3)ncn1-2. The molecule has 0 amide bonds. The van der Waals surface area contributed by atoms with Gasteiger partial charge in [0.05, 0.1) is 29.9 Å². The molecule has 0 saturated carbocycles.